The molecule has 146 valence electrons. The van der Waals surface area contributed by atoms with Crippen molar-refractivity contribution in [3.63, 3.8) is 0 Å². The van der Waals surface area contributed by atoms with Crippen LogP contribution in [0.1, 0.15) is 47.7 Å². The van der Waals surface area contributed by atoms with E-state index in [-0.39, 0.29) is 11.3 Å². The van der Waals surface area contributed by atoms with E-state index in [0.717, 1.165) is 23.6 Å². The van der Waals surface area contributed by atoms with E-state index >= 15 is 0 Å². The SMILES string of the molecule is CCCCCc1ccc(-c2cccc(C(=O)Oc3ccc(C#N)c(F)c3)c2)cc1. The van der Waals surface area contributed by atoms with Crippen LogP contribution >= 0.6 is 0 Å². The standard InChI is InChI=1S/C25H22FNO2/c1-2-3-4-6-18-9-11-19(12-10-18)20-7-5-8-21(15-20)25(28)29-23-14-13-22(17-27)24(26)16-23/h5,7-16H,2-4,6H2,1H3. The summed E-state index contributed by atoms with van der Waals surface area (Å²) < 4.78 is 19.0. The molecule has 3 aromatic carbocycles. The Labute approximate surface area is 170 Å². The van der Waals surface area contributed by atoms with Crippen LogP contribution in [0.5, 0.6) is 5.75 Å². The summed E-state index contributed by atoms with van der Waals surface area (Å²) in [4.78, 5) is 12.5. The van der Waals surface area contributed by atoms with Gasteiger partial charge in [-0.15, -0.1) is 0 Å². The normalized spacial score (nSPS) is 10.4. The molecule has 4 heteroatoms. The first-order chi connectivity index (χ1) is 14.1. The molecule has 3 rings (SSSR count). The molecule has 0 aliphatic rings. The number of nitriles is 1. The number of esters is 1. The highest BCUT2D eigenvalue weighted by molar-refractivity contribution is 5.92. The predicted molar refractivity (Wildman–Crippen MR) is 111 cm³/mol. The number of carbonyl (C=O) groups excluding carboxylic acids is 1. The van der Waals surface area contributed by atoms with Gasteiger partial charge in [-0.1, -0.05) is 56.2 Å². The maximum absolute atomic E-state index is 13.7. The maximum Gasteiger partial charge on any atom is 0.343 e. The summed E-state index contributed by atoms with van der Waals surface area (Å²) in [6.07, 6.45) is 4.69. The van der Waals surface area contributed by atoms with Crippen LogP contribution in [0.2, 0.25) is 0 Å². The zero-order valence-electron chi connectivity index (χ0n) is 16.3. The molecular weight excluding hydrogens is 365 g/mol. The van der Waals surface area contributed by atoms with Gasteiger partial charge in [0.05, 0.1) is 11.1 Å². The minimum absolute atomic E-state index is 0.0633. The lowest BCUT2D eigenvalue weighted by atomic mass is 10.00. The number of benzene rings is 3. The van der Waals surface area contributed by atoms with Crippen molar-refractivity contribution in [2.24, 2.45) is 0 Å². The van der Waals surface area contributed by atoms with Crippen LogP contribution in [0.4, 0.5) is 4.39 Å². The molecule has 29 heavy (non-hydrogen) atoms. The van der Waals surface area contributed by atoms with Crippen molar-refractivity contribution >= 4 is 5.97 Å². The van der Waals surface area contributed by atoms with Gasteiger partial charge in [0.25, 0.3) is 0 Å². The van der Waals surface area contributed by atoms with Gasteiger partial charge in [0.1, 0.15) is 17.6 Å². The molecule has 3 aromatic rings. The number of hydrogen-bond donors (Lipinski definition) is 0. The van der Waals surface area contributed by atoms with Crippen LogP contribution in [0.3, 0.4) is 0 Å². The quantitative estimate of drug-likeness (QED) is 0.271. The van der Waals surface area contributed by atoms with Gasteiger partial charge in [-0.2, -0.15) is 5.26 Å². The molecule has 0 bridgehead atoms. The number of carbonyl (C=O) groups is 1. The zero-order valence-corrected chi connectivity index (χ0v) is 16.3. The third-order valence-corrected chi connectivity index (χ3v) is 4.73. The summed E-state index contributed by atoms with van der Waals surface area (Å²) in [6, 6.07) is 21.0. The monoisotopic (exact) mass is 387 g/mol. The first-order valence-corrected chi connectivity index (χ1v) is 9.72. The van der Waals surface area contributed by atoms with Gasteiger partial charge in [0, 0.05) is 6.07 Å². The first-order valence-electron chi connectivity index (χ1n) is 9.72. The summed E-state index contributed by atoms with van der Waals surface area (Å²) in [5, 5.41) is 8.78. The van der Waals surface area contributed by atoms with Crippen LogP contribution < -0.4 is 4.74 Å². The molecule has 0 unspecified atom stereocenters. The Kier molecular flexibility index (Phi) is 6.76. The minimum Gasteiger partial charge on any atom is -0.423 e. The largest absolute Gasteiger partial charge is 0.423 e. The first kappa shape index (κ1) is 20.3. The van der Waals surface area contributed by atoms with Gasteiger partial charge < -0.3 is 4.74 Å². The third kappa shape index (κ3) is 5.30. The number of halogens is 1. The average molecular weight is 387 g/mol. The number of aryl methyl sites for hydroxylation is 1. The third-order valence-electron chi connectivity index (χ3n) is 4.73. The van der Waals surface area contributed by atoms with Crippen LogP contribution in [-0.2, 0) is 6.42 Å². The van der Waals surface area contributed by atoms with Crippen molar-refractivity contribution in [3.05, 3.63) is 89.2 Å². The Morgan fingerprint density at radius 2 is 1.79 bits per heavy atom. The van der Waals surface area contributed by atoms with Crippen molar-refractivity contribution in [2.75, 3.05) is 0 Å². The summed E-state index contributed by atoms with van der Waals surface area (Å²) in [5.41, 5.74) is 3.51. The number of hydrogen-bond acceptors (Lipinski definition) is 3. The second kappa shape index (κ2) is 9.66. The van der Waals surface area contributed by atoms with Gasteiger partial charge in [-0.05, 0) is 53.8 Å². The molecule has 0 radical (unpaired) electrons. The van der Waals surface area contributed by atoms with Crippen LogP contribution in [0, 0.1) is 17.1 Å². The molecule has 0 aliphatic carbocycles. The van der Waals surface area contributed by atoms with E-state index in [1.54, 1.807) is 24.3 Å². The number of unbranched alkanes of at least 4 members (excludes halogenated alkanes) is 2. The molecule has 0 amide bonds. The fourth-order valence-electron chi connectivity index (χ4n) is 3.08. The number of ether oxygens (including phenoxy) is 1. The van der Waals surface area contributed by atoms with E-state index in [4.69, 9.17) is 10.00 Å². The highest BCUT2D eigenvalue weighted by Crippen LogP contribution is 2.23. The summed E-state index contributed by atoms with van der Waals surface area (Å²) >= 11 is 0. The van der Waals surface area contributed by atoms with E-state index in [2.05, 4.69) is 31.2 Å². The second-order valence-electron chi connectivity index (χ2n) is 6.88. The molecule has 0 fully saturated rings. The summed E-state index contributed by atoms with van der Waals surface area (Å²) in [6.45, 7) is 2.19. The molecule has 0 aromatic heterocycles. The number of nitrogens with zero attached hydrogens (tertiary/aromatic N) is 1. The van der Waals surface area contributed by atoms with Crippen LogP contribution in [-0.4, -0.2) is 5.97 Å². The van der Waals surface area contributed by atoms with Gasteiger partial charge in [-0.25, -0.2) is 9.18 Å². The summed E-state index contributed by atoms with van der Waals surface area (Å²) in [5.74, 6) is -1.23. The minimum atomic E-state index is -0.717. The van der Waals surface area contributed by atoms with Gasteiger partial charge in [-0.3, -0.25) is 0 Å². The maximum atomic E-state index is 13.7. The van der Waals surface area contributed by atoms with E-state index in [9.17, 15) is 9.18 Å². The molecule has 0 saturated heterocycles. The highest BCUT2D eigenvalue weighted by atomic mass is 19.1. The molecule has 0 N–H and O–H groups in total. The zero-order chi connectivity index (χ0) is 20.6. The molecule has 0 spiro atoms. The average Bonchev–Trinajstić information content (AvgIpc) is 2.75. The Morgan fingerprint density at radius 3 is 2.48 bits per heavy atom. The fourth-order valence-corrected chi connectivity index (χ4v) is 3.08. The van der Waals surface area contributed by atoms with Crippen molar-refractivity contribution in [1.29, 1.82) is 5.26 Å². The predicted octanol–water partition coefficient (Wildman–Crippen LogP) is 6.32. The van der Waals surface area contributed by atoms with Crippen LogP contribution in [0.15, 0.2) is 66.7 Å². The topological polar surface area (TPSA) is 50.1 Å². The lowest BCUT2D eigenvalue weighted by Gasteiger charge is -2.08. The molecular formula is C25H22FNO2. The van der Waals surface area contributed by atoms with Crippen molar-refractivity contribution in [1.82, 2.24) is 0 Å². The molecule has 0 saturated carbocycles. The smallest absolute Gasteiger partial charge is 0.343 e. The molecule has 0 heterocycles. The Hall–Kier alpha value is -3.45. The van der Waals surface area contributed by atoms with Gasteiger partial charge >= 0.3 is 5.97 Å². The lowest BCUT2D eigenvalue weighted by molar-refractivity contribution is 0.0734. The number of rotatable bonds is 7. The fraction of sp³-hybridized carbons (Fsp3) is 0.200. The Bertz CT molecular complexity index is 1040. The van der Waals surface area contributed by atoms with E-state index in [0.29, 0.717) is 5.56 Å². The summed E-state index contributed by atoms with van der Waals surface area (Å²) in [7, 11) is 0. The van der Waals surface area contributed by atoms with Gasteiger partial charge in [0.2, 0.25) is 0 Å². The lowest BCUT2D eigenvalue weighted by Crippen LogP contribution is -2.08. The second-order valence-corrected chi connectivity index (χ2v) is 6.88. The van der Waals surface area contributed by atoms with Crippen molar-refractivity contribution in [3.8, 4) is 22.9 Å². The molecule has 0 atom stereocenters. The Morgan fingerprint density at radius 1 is 1.00 bits per heavy atom. The van der Waals surface area contributed by atoms with E-state index < -0.39 is 11.8 Å². The Balaban J connectivity index is 1.72. The van der Waals surface area contributed by atoms with E-state index in [1.165, 1.54) is 37.0 Å². The van der Waals surface area contributed by atoms with E-state index in [1.807, 2.05) is 6.07 Å². The van der Waals surface area contributed by atoms with Gasteiger partial charge in [0.15, 0.2) is 0 Å². The van der Waals surface area contributed by atoms with Crippen LogP contribution in [0.25, 0.3) is 11.1 Å². The molecule has 0 aliphatic heterocycles. The van der Waals surface area contributed by atoms with Crippen molar-refractivity contribution < 1.29 is 13.9 Å². The van der Waals surface area contributed by atoms with Crippen molar-refractivity contribution in [2.45, 2.75) is 32.6 Å². The highest BCUT2D eigenvalue weighted by Gasteiger charge is 2.12. The molecule has 3 nitrogen and oxygen atoms in total.